The monoisotopic (exact) mass is 524 g/mol. The van der Waals surface area contributed by atoms with Crippen molar-refractivity contribution in [2.24, 2.45) is 0 Å². The fraction of sp³-hybridized carbons (Fsp3) is 0.0882. The number of carbonyl (C=O) groups is 2. The summed E-state index contributed by atoms with van der Waals surface area (Å²) >= 11 is 1.63. The number of imidazole rings is 1. The average molecular weight is 525 g/mol. The summed E-state index contributed by atoms with van der Waals surface area (Å²) in [5.74, 6) is 0.0667. The van der Waals surface area contributed by atoms with Crippen LogP contribution in [0.4, 0.5) is 0 Å². The molecule has 0 saturated carbocycles. The second kappa shape index (κ2) is 8.72. The number of para-hydroxylation sites is 1. The number of hydrogen-bond donors (Lipinski definition) is 0. The van der Waals surface area contributed by atoms with Crippen LogP contribution in [0.1, 0.15) is 43.2 Å². The molecular weight excluding hydrogens is 500 g/mol. The van der Waals surface area contributed by atoms with Gasteiger partial charge in [0.25, 0.3) is 0 Å². The molecule has 6 aromatic rings. The van der Waals surface area contributed by atoms with Gasteiger partial charge in [-0.2, -0.15) is 0 Å². The number of thiophene rings is 1. The molecule has 4 nitrogen and oxygen atoms in total. The number of hydrogen-bond acceptors (Lipinski definition) is 4. The maximum Gasteiger partial charge on any atom is 0.197 e. The number of Topliss-reactive ketones (excluding diaryl/α,β-unsaturated/α-hetero) is 2. The van der Waals surface area contributed by atoms with Crippen LogP contribution in [0.25, 0.3) is 43.3 Å². The van der Waals surface area contributed by atoms with Crippen LogP contribution in [-0.4, -0.2) is 21.1 Å². The highest BCUT2D eigenvalue weighted by Crippen LogP contribution is 2.39. The standard InChI is InChI=1S/C34H24N2O2S/c1-19-13-20(2)31(21(3)14-19)29-18-28-34(39-29)35-30(36(28)24-11-5-4-6-12-24)17-27-32(37)25-15-22-9-7-8-10-23(22)16-26(25)33(27)38/h4-18H,1-3H3. The van der Waals surface area contributed by atoms with E-state index in [2.05, 4.69) is 39.0 Å². The molecule has 0 unspecified atom stereocenters. The average Bonchev–Trinajstić information content (AvgIpc) is 3.53. The van der Waals surface area contributed by atoms with Crippen molar-refractivity contribution in [3.63, 3.8) is 0 Å². The second-order valence-electron chi connectivity index (χ2n) is 10.2. The van der Waals surface area contributed by atoms with Gasteiger partial charge in [-0.15, -0.1) is 11.3 Å². The normalized spacial score (nSPS) is 13.1. The van der Waals surface area contributed by atoms with Gasteiger partial charge in [0.2, 0.25) is 0 Å². The van der Waals surface area contributed by atoms with E-state index < -0.39 is 0 Å². The molecule has 0 bridgehead atoms. The van der Waals surface area contributed by atoms with Gasteiger partial charge >= 0.3 is 0 Å². The van der Waals surface area contributed by atoms with E-state index in [-0.39, 0.29) is 17.1 Å². The Balaban J connectivity index is 1.41. The fourth-order valence-electron chi connectivity index (χ4n) is 5.80. The van der Waals surface area contributed by atoms with Gasteiger partial charge in [0.15, 0.2) is 11.6 Å². The first-order chi connectivity index (χ1) is 18.9. The molecule has 2 heterocycles. The molecule has 1 aliphatic carbocycles. The predicted octanol–water partition coefficient (Wildman–Crippen LogP) is 8.30. The second-order valence-corrected chi connectivity index (χ2v) is 11.2. The molecule has 0 radical (unpaired) electrons. The molecular formula is C34H24N2O2S. The molecule has 0 amide bonds. The number of ketones is 2. The zero-order valence-corrected chi connectivity index (χ0v) is 22.6. The lowest BCUT2D eigenvalue weighted by atomic mass is 9.99. The highest BCUT2D eigenvalue weighted by molar-refractivity contribution is 7.21. The van der Waals surface area contributed by atoms with E-state index in [0.717, 1.165) is 31.7 Å². The van der Waals surface area contributed by atoms with Gasteiger partial charge in [-0.1, -0.05) is 60.2 Å². The van der Waals surface area contributed by atoms with Gasteiger partial charge < -0.3 is 0 Å². The first kappa shape index (κ1) is 23.5. The van der Waals surface area contributed by atoms with E-state index in [0.29, 0.717) is 17.0 Å². The maximum atomic E-state index is 13.5. The lowest BCUT2D eigenvalue weighted by Gasteiger charge is -2.10. The summed E-state index contributed by atoms with van der Waals surface area (Å²) in [6.07, 6.45) is 1.66. The van der Waals surface area contributed by atoms with Crippen molar-refractivity contribution in [1.82, 2.24) is 9.55 Å². The third-order valence-corrected chi connectivity index (χ3v) is 8.49. The van der Waals surface area contributed by atoms with E-state index in [1.54, 1.807) is 17.4 Å². The highest BCUT2D eigenvalue weighted by Gasteiger charge is 2.34. The molecule has 0 N–H and O–H groups in total. The molecule has 1 aliphatic rings. The molecule has 4 aromatic carbocycles. The summed E-state index contributed by atoms with van der Waals surface area (Å²) in [5.41, 5.74) is 7.88. The first-order valence-electron chi connectivity index (χ1n) is 12.9. The van der Waals surface area contributed by atoms with Gasteiger partial charge in [-0.25, -0.2) is 4.98 Å². The van der Waals surface area contributed by atoms with Crippen molar-refractivity contribution in [2.45, 2.75) is 20.8 Å². The fourth-order valence-corrected chi connectivity index (χ4v) is 6.99. The minimum atomic E-state index is -0.252. The topological polar surface area (TPSA) is 52.0 Å². The number of rotatable bonds is 3. The molecule has 7 rings (SSSR count). The van der Waals surface area contributed by atoms with E-state index in [1.165, 1.54) is 22.3 Å². The largest absolute Gasteiger partial charge is 0.292 e. The highest BCUT2D eigenvalue weighted by atomic mass is 32.1. The molecule has 5 heteroatoms. The number of carbonyl (C=O) groups excluding carboxylic acids is 2. The third-order valence-electron chi connectivity index (χ3n) is 7.46. The Morgan fingerprint density at radius 2 is 1.33 bits per heavy atom. The van der Waals surface area contributed by atoms with Crippen LogP contribution in [0.2, 0.25) is 0 Å². The van der Waals surface area contributed by atoms with Crippen molar-refractivity contribution in [1.29, 1.82) is 0 Å². The molecule has 0 saturated heterocycles. The van der Waals surface area contributed by atoms with Gasteiger partial charge in [0.05, 0.1) is 11.1 Å². The van der Waals surface area contributed by atoms with Gasteiger partial charge in [-0.05, 0) is 84.6 Å². The first-order valence-corrected chi connectivity index (χ1v) is 13.7. The summed E-state index contributed by atoms with van der Waals surface area (Å²) < 4.78 is 2.04. The third kappa shape index (κ3) is 3.69. The molecule has 2 aromatic heterocycles. The quantitative estimate of drug-likeness (QED) is 0.173. The Morgan fingerprint density at radius 3 is 1.95 bits per heavy atom. The van der Waals surface area contributed by atoms with Crippen LogP contribution in [0.3, 0.4) is 0 Å². The Labute approximate surface area is 229 Å². The van der Waals surface area contributed by atoms with Crippen molar-refractivity contribution < 1.29 is 9.59 Å². The smallest absolute Gasteiger partial charge is 0.197 e. The Morgan fingerprint density at radius 1 is 0.744 bits per heavy atom. The van der Waals surface area contributed by atoms with Crippen LogP contribution in [-0.2, 0) is 0 Å². The predicted molar refractivity (Wildman–Crippen MR) is 159 cm³/mol. The lowest BCUT2D eigenvalue weighted by Crippen LogP contribution is -2.03. The maximum absolute atomic E-state index is 13.5. The molecule has 0 atom stereocenters. The Kier molecular flexibility index (Phi) is 5.25. The summed E-state index contributed by atoms with van der Waals surface area (Å²) in [5, 5.41) is 1.89. The van der Waals surface area contributed by atoms with Gasteiger partial charge in [-0.3, -0.25) is 14.2 Å². The zero-order valence-electron chi connectivity index (χ0n) is 21.8. The summed E-state index contributed by atoms with van der Waals surface area (Å²) in [7, 11) is 0. The summed E-state index contributed by atoms with van der Waals surface area (Å²) in [6, 6.07) is 28.0. The molecule has 0 aliphatic heterocycles. The molecule has 0 fully saturated rings. The molecule has 188 valence electrons. The molecule has 0 spiro atoms. The summed E-state index contributed by atoms with van der Waals surface area (Å²) in [4.78, 5) is 33.9. The Hall–Kier alpha value is -4.61. The van der Waals surface area contributed by atoms with Crippen molar-refractivity contribution in [2.75, 3.05) is 0 Å². The van der Waals surface area contributed by atoms with Crippen LogP contribution in [0.5, 0.6) is 0 Å². The van der Waals surface area contributed by atoms with E-state index in [4.69, 9.17) is 4.98 Å². The SMILES string of the molecule is Cc1cc(C)c(-c2cc3c(nc(C=C4C(=O)c5cc6ccccc6cc5C4=O)n3-c3ccccc3)s2)c(C)c1. The van der Waals surface area contributed by atoms with Crippen LogP contribution in [0, 0.1) is 20.8 Å². The van der Waals surface area contributed by atoms with E-state index in [9.17, 15) is 9.59 Å². The number of aromatic nitrogens is 2. The van der Waals surface area contributed by atoms with Crippen LogP contribution < -0.4 is 0 Å². The van der Waals surface area contributed by atoms with Crippen molar-refractivity contribution in [3.05, 3.63) is 124 Å². The van der Waals surface area contributed by atoms with Crippen LogP contribution >= 0.6 is 11.3 Å². The lowest BCUT2D eigenvalue weighted by molar-refractivity contribution is 0.0990. The number of benzene rings is 4. The number of nitrogens with zero attached hydrogens (tertiary/aromatic N) is 2. The number of aryl methyl sites for hydroxylation is 3. The van der Waals surface area contributed by atoms with Gasteiger partial charge in [0.1, 0.15) is 10.7 Å². The Bertz CT molecular complexity index is 1950. The number of fused-ring (bicyclic) bond motifs is 3. The number of allylic oxidation sites excluding steroid dienone is 1. The van der Waals surface area contributed by atoms with Crippen LogP contribution in [0.15, 0.2) is 90.5 Å². The van der Waals surface area contributed by atoms with Crippen molar-refractivity contribution in [3.8, 4) is 16.1 Å². The van der Waals surface area contributed by atoms with Crippen molar-refractivity contribution >= 4 is 50.1 Å². The van der Waals surface area contributed by atoms with Gasteiger partial charge in [0, 0.05) is 21.7 Å². The minimum Gasteiger partial charge on any atom is -0.292 e. The van der Waals surface area contributed by atoms with E-state index >= 15 is 0 Å². The zero-order chi connectivity index (χ0) is 26.8. The summed E-state index contributed by atoms with van der Waals surface area (Å²) in [6.45, 7) is 6.41. The molecule has 39 heavy (non-hydrogen) atoms. The minimum absolute atomic E-state index is 0.153. The van der Waals surface area contributed by atoms with E-state index in [1.807, 2.05) is 71.3 Å².